The van der Waals surface area contributed by atoms with Crippen LogP contribution >= 0.6 is 0 Å². The molecule has 0 aliphatic rings. The van der Waals surface area contributed by atoms with E-state index in [-0.39, 0.29) is 22.9 Å². The SMILES string of the molecule is CCOc1ccc(C(=O)c2oc3ccccc3c2NC(=O)/C=C/c2ccc(C(C)(C)C)cc2)cc1. The molecule has 5 heteroatoms. The number of furan rings is 1. The molecule has 0 aliphatic heterocycles. The maximum absolute atomic E-state index is 13.3. The van der Waals surface area contributed by atoms with Crippen molar-refractivity contribution in [2.24, 2.45) is 0 Å². The van der Waals surface area contributed by atoms with Gasteiger partial charge in [-0.1, -0.05) is 57.2 Å². The first-order valence-corrected chi connectivity index (χ1v) is 11.6. The molecule has 35 heavy (non-hydrogen) atoms. The Balaban J connectivity index is 1.59. The second-order valence-electron chi connectivity index (χ2n) is 9.28. The van der Waals surface area contributed by atoms with Crippen LogP contribution in [0.1, 0.15) is 54.9 Å². The summed E-state index contributed by atoms with van der Waals surface area (Å²) in [6, 6.07) is 22.2. The number of benzene rings is 3. The molecule has 1 heterocycles. The Labute approximate surface area is 205 Å². The first-order chi connectivity index (χ1) is 16.8. The summed E-state index contributed by atoms with van der Waals surface area (Å²) >= 11 is 0. The number of rotatable bonds is 7. The molecule has 1 N–H and O–H groups in total. The summed E-state index contributed by atoms with van der Waals surface area (Å²) in [6.07, 6.45) is 3.21. The Bertz CT molecular complexity index is 1370. The monoisotopic (exact) mass is 467 g/mol. The van der Waals surface area contributed by atoms with Crippen LogP contribution in [0.2, 0.25) is 0 Å². The first-order valence-electron chi connectivity index (χ1n) is 11.6. The van der Waals surface area contributed by atoms with Gasteiger partial charge in [0.1, 0.15) is 11.3 Å². The average molecular weight is 468 g/mol. The van der Waals surface area contributed by atoms with Gasteiger partial charge in [-0.2, -0.15) is 0 Å². The number of anilines is 1. The van der Waals surface area contributed by atoms with Crippen molar-refractivity contribution in [3.05, 3.63) is 101 Å². The molecule has 4 aromatic rings. The number of carbonyl (C=O) groups is 2. The normalized spacial score (nSPS) is 11.7. The number of amides is 1. The van der Waals surface area contributed by atoms with Crippen LogP contribution in [0.5, 0.6) is 5.75 Å². The van der Waals surface area contributed by atoms with Gasteiger partial charge in [-0.3, -0.25) is 9.59 Å². The minimum atomic E-state index is -0.350. The van der Waals surface area contributed by atoms with Crippen LogP contribution in [0.15, 0.2) is 83.3 Å². The Morgan fingerprint density at radius 3 is 2.29 bits per heavy atom. The van der Waals surface area contributed by atoms with Crippen molar-refractivity contribution in [3.8, 4) is 5.75 Å². The van der Waals surface area contributed by atoms with E-state index < -0.39 is 0 Å². The van der Waals surface area contributed by atoms with E-state index in [2.05, 4.69) is 38.2 Å². The second kappa shape index (κ2) is 10.0. The lowest BCUT2D eigenvalue weighted by Gasteiger charge is -2.18. The van der Waals surface area contributed by atoms with Gasteiger partial charge < -0.3 is 14.5 Å². The maximum Gasteiger partial charge on any atom is 0.248 e. The molecule has 0 saturated heterocycles. The van der Waals surface area contributed by atoms with Crippen LogP contribution < -0.4 is 10.1 Å². The van der Waals surface area contributed by atoms with Crippen LogP contribution in [0.4, 0.5) is 5.69 Å². The smallest absolute Gasteiger partial charge is 0.248 e. The zero-order chi connectivity index (χ0) is 25.0. The minimum absolute atomic E-state index is 0.0637. The van der Waals surface area contributed by atoms with E-state index in [0.29, 0.717) is 34.6 Å². The molecule has 3 aromatic carbocycles. The third-order valence-electron chi connectivity index (χ3n) is 5.68. The molecule has 178 valence electrons. The topological polar surface area (TPSA) is 68.5 Å². The zero-order valence-corrected chi connectivity index (χ0v) is 20.4. The molecule has 0 fully saturated rings. The molecule has 4 rings (SSSR count). The number of hydrogen-bond donors (Lipinski definition) is 1. The fourth-order valence-corrected chi connectivity index (χ4v) is 3.76. The minimum Gasteiger partial charge on any atom is -0.494 e. The maximum atomic E-state index is 13.3. The Morgan fingerprint density at radius 1 is 0.943 bits per heavy atom. The van der Waals surface area contributed by atoms with Crippen molar-refractivity contribution < 1.29 is 18.7 Å². The summed E-state index contributed by atoms with van der Waals surface area (Å²) in [4.78, 5) is 26.1. The van der Waals surface area contributed by atoms with Crippen molar-refractivity contribution in [1.29, 1.82) is 0 Å². The van der Waals surface area contributed by atoms with Gasteiger partial charge in [0, 0.05) is 17.0 Å². The lowest BCUT2D eigenvalue weighted by molar-refractivity contribution is -0.111. The van der Waals surface area contributed by atoms with E-state index in [1.165, 1.54) is 11.6 Å². The first kappa shape index (κ1) is 24.0. The van der Waals surface area contributed by atoms with Gasteiger partial charge >= 0.3 is 0 Å². The average Bonchev–Trinajstić information content (AvgIpc) is 3.21. The van der Waals surface area contributed by atoms with E-state index in [4.69, 9.17) is 9.15 Å². The predicted octanol–water partition coefficient (Wildman–Crippen LogP) is 7.01. The van der Waals surface area contributed by atoms with Gasteiger partial charge in [0.2, 0.25) is 11.7 Å². The van der Waals surface area contributed by atoms with Crippen LogP contribution in [-0.2, 0) is 10.2 Å². The summed E-state index contributed by atoms with van der Waals surface area (Å²) < 4.78 is 11.3. The largest absolute Gasteiger partial charge is 0.494 e. The quantitative estimate of drug-likeness (QED) is 0.234. The summed E-state index contributed by atoms with van der Waals surface area (Å²) in [5, 5.41) is 3.52. The molecular formula is C30H29NO4. The van der Waals surface area contributed by atoms with Gasteiger partial charge in [0.05, 0.1) is 12.3 Å². The highest BCUT2D eigenvalue weighted by Gasteiger charge is 2.23. The van der Waals surface area contributed by atoms with Gasteiger partial charge in [0.15, 0.2) is 5.76 Å². The van der Waals surface area contributed by atoms with Gasteiger partial charge in [-0.25, -0.2) is 0 Å². The molecule has 1 aromatic heterocycles. The third kappa shape index (κ3) is 5.52. The fraction of sp³-hybridized carbons (Fsp3) is 0.200. The van der Waals surface area contributed by atoms with Gasteiger partial charge in [0.25, 0.3) is 0 Å². The van der Waals surface area contributed by atoms with Crippen LogP contribution in [-0.4, -0.2) is 18.3 Å². The van der Waals surface area contributed by atoms with Crippen molar-refractivity contribution in [3.63, 3.8) is 0 Å². The van der Waals surface area contributed by atoms with Crippen LogP contribution in [0, 0.1) is 0 Å². The number of ketones is 1. The van der Waals surface area contributed by atoms with E-state index in [0.717, 1.165) is 5.56 Å². The van der Waals surface area contributed by atoms with Crippen LogP contribution in [0.3, 0.4) is 0 Å². The van der Waals surface area contributed by atoms with Crippen LogP contribution in [0.25, 0.3) is 17.0 Å². The zero-order valence-electron chi connectivity index (χ0n) is 20.4. The highest BCUT2D eigenvalue weighted by Crippen LogP contribution is 2.33. The number of para-hydroxylation sites is 1. The van der Waals surface area contributed by atoms with E-state index in [9.17, 15) is 9.59 Å². The Kier molecular flexibility index (Phi) is 6.87. The van der Waals surface area contributed by atoms with Crippen molar-refractivity contribution >= 4 is 34.4 Å². The molecule has 0 bridgehead atoms. The molecule has 0 aliphatic carbocycles. The molecule has 1 amide bonds. The van der Waals surface area contributed by atoms with E-state index in [1.807, 2.05) is 37.3 Å². The summed E-state index contributed by atoms with van der Waals surface area (Å²) in [5.74, 6) is 0.105. The summed E-state index contributed by atoms with van der Waals surface area (Å²) in [6.45, 7) is 8.92. The van der Waals surface area contributed by atoms with E-state index in [1.54, 1.807) is 36.4 Å². The van der Waals surface area contributed by atoms with Crippen molar-refractivity contribution in [2.45, 2.75) is 33.1 Å². The number of fused-ring (bicyclic) bond motifs is 1. The summed E-state index contributed by atoms with van der Waals surface area (Å²) in [5.41, 5.74) is 3.53. The molecule has 5 nitrogen and oxygen atoms in total. The molecule has 0 radical (unpaired) electrons. The molecule has 0 unspecified atom stereocenters. The summed E-state index contributed by atoms with van der Waals surface area (Å²) in [7, 11) is 0. The lowest BCUT2D eigenvalue weighted by Crippen LogP contribution is -2.11. The van der Waals surface area contributed by atoms with Gasteiger partial charge in [-0.05, 0) is 65.9 Å². The number of nitrogens with one attached hydrogen (secondary N) is 1. The van der Waals surface area contributed by atoms with E-state index >= 15 is 0 Å². The van der Waals surface area contributed by atoms with Crippen molar-refractivity contribution in [2.75, 3.05) is 11.9 Å². The Hall–Kier alpha value is -4.12. The van der Waals surface area contributed by atoms with Crippen molar-refractivity contribution in [1.82, 2.24) is 0 Å². The predicted molar refractivity (Wildman–Crippen MR) is 140 cm³/mol. The lowest BCUT2D eigenvalue weighted by atomic mass is 9.87. The molecule has 0 saturated carbocycles. The molecule has 0 atom stereocenters. The third-order valence-corrected chi connectivity index (χ3v) is 5.68. The number of ether oxygens (including phenoxy) is 1. The Morgan fingerprint density at radius 2 is 1.63 bits per heavy atom. The highest BCUT2D eigenvalue weighted by atomic mass is 16.5. The number of carbonyl (C=O) groups excluding carboxylic acids is 2. The second-order valence-corrected chi connectivity index (χ2v) is 9.28. The standard InChI is InChI=1S/C30H29NO4/c1-5-34-23-17-13-21(14-18-23)28(33)29-27(24-8-6-7-9-25(24)35-29)31-26(32)19-12-20-10-15-22(16-11-20)30(2,3)4/h6-19H,5H2,1-4H3,(H,31,32)/b19-12+. The molecular weight excluding hydrogens is 438 g/mol. The highest BCUT2D eigenvalue weighted by molar-refractivity contribution is 6.18. The molecule has 0 spiro atoms. The number of hydrogen-bond acceptors (Lipinski definition) is 4. The fourth-order valence-electron chi connectivity index (χ4n) is 3.76. The van der Waals surface area contributed by atoms with Gasteiger partial charge in [-0.15, -0.1) is 0 Å².